The fourth-order valence-corrected chi connectivity index (χ4v) is 6.50. The minimum absolute atomic E-state index is 0.0886. The van der Waals surface area contributed by atoms with Crippen molar-refractivity contribution in [2.24, 2.45) is 11.8 Å². The van der Waals surface area contributed by atoms with Crippen molar-refractivity contribution in [3.05, 3.63) is 60.5 Å². The summed E-state index contributed by atoms with van der Waals surface area (Å²) in [5.41, 5.74) is 0.925. The summed E-state index contributed by atoms with van der Waals surface area (Å²) in [7, 11) is 0. The molecule has 2 unspecified atom stereocenters. The van der Waals surface area contributed by atoms with Gasteiger partial charge in [0.15, 0.2) is 0 Å². The van der Waals surface area contributed by atoms with E-state index >= 15 is 0 Å². The van der Waals surface area contributed by atoms with E-state index in [0.29, 0.717) is 29.3 Å². The maximum atomic E-state index is 12.9. The molecular formula is C23H23N5O2. The molecule has 4 aliphatic carbocycles. The number of carbonyl (C=O) groups is 1. The van der Waals surface area contributed by atoms with Crippen molar-refractivity contribution < 1.29 is 9.21 Å². The summed E-state index contributed by atoms with van der Waals surface area (Å²) in [5.74, 6) is 2.29. The van der Waals surface area contributed by atoms with Crippen molar-refractivity contribution >= 4 is 5.91 Å². The van der Waals surface area contributed by atoms with Crippen LogP contribution in [0, 0.1) is 11.8 Å². The average Bonchev–Trinajstić information content (AvgIpc) is 3.25. The number of carbonyl (C=O) groups excluding carboxylic acids is 1. The normalized spacial score (nSPS) is 31.6. The van der Waals surface area contributed by atoms with E-state index in [-0.39, 0.29) is 16.9 Å². The van der Waals surface area contributed by atoms with Crippen LogP contribution in [-0.4, -0.2) is 31.6 Å². The Labute approximate surface area is 174 Å². The lowest BCUT2D eigenvalue weighted by Gasteiger charge is -2.60. The van der Waals surface area contributed by atoms with Gasteiger partial charge < -0.3 is 9.73 Å². The van der Waals surface area contributed by atoms with Gasteiger partial charge in [-0.2, -0.15) is 0 Å². The van der Waals surface area contributed by atoms with Crippen LogP contribution >= 0.6 is 0 Å². The topological polar surface area (TPSA) is 93.8 Å². The SMILES string of the molecule is O=C(NC12C[C@H]3C[C@@H](C1)CC(c1nnc(-c4cccnc4)o1)(C3)C2)c1ccccn1. The van der Waals surface area contributed by atoms with Gasteiger partial charge in [-0.1, -0.05) is 6.07 Å². The summed E-state index contributed by atoms with van der Waals surface area (Å²) in [6, 6.07) is 9.24. The standard InChI is InChI=1S/C23H23N5O2/c29-19(18-5-1-2-7-25-18)26-23-11-15-8-16(12-23)10-22(9-15,14-23)21-28-27-20(30-21)17-4-3-6-24-13-17/h1-7,13,15-16H,8-12,14H2,(H,26,29)/t15-,16+,22?,23?. The van der Waals surface area contributed by atoms with Gasteiger partial charge in [0.2, 0.25) is 11.8 Å². The molecule has 0 radical (unpaired) electrons. The molecule has 4 atom stereocenters. The molecule has 4 aliphatic rings. The molecule has 30 heavy (non-hydrogen) atoms. The number of pyridine rings is 2. The highest BCUT2D eigenvalue weighted by Gasteiger charge is 2.60. The van der Waals surface area contributed by atoms with Gasteiger partial charge in [0.05, 0.1) is 11.0 Å². The Kier molecular flexibility index (Phi) is 3.82. The van der Waals surface area contributed by atoms with Crippen LogP contribution in [0.15, 0.2) is 53.3 Å². The van der Waals surface area contributed by atoms with E-state index in [1.54, 1.807) is 24.7 Å². The highest BCUT2D eigenvalue weighted by molar-refractivity contribution is 5.92. The molecule has 7 heteroatoms. The van der Waals surface area contributed by atoms with E-state index < -0.39 is 0 Å². The zero-order valence-electron chi connectivity index (χ0n) is 16.6. The van der Waals surface area contributed by atoms with Crippen molar-refractivity contribution in [3.63, 3.8) is 0 Å². The summed E-state index contributed by atoms with van der Waals surface area (Å²) < 4.78 is 6.20. The van der Waals surface area contributed by atoms with Crippen LogP contribution in [0.25, 0.3) is 11.5 Å². The Morgan fingerprint density at radius 3 is 2.63 bits per heavy atom. The number of hydrogen-bond donors (Lipinski definition) is 1. The lowest BCUT2D eigenvalue weighted by molar-refractivity contribution is -0.0471. The van der Waals surface area contributed by atoms with Gasteiger partial charge in [-0.25, -0.2) is 0 Å². The molecule has 3 aromatic heterocycles. The molecule has 4 saturated carbocycles. The molecule has 0 saturated heterocycles. The van der Waals surface area contributed by atoms with E-state index in [0.717, 1.165) is 37.7 Å². The molecule has 4 bridgehead atoms. The third kappa shape index (κ3) is 2.83. The van der Waals surface area contributed by atoms with Gasteiger partial charge >= 0.3 is 0 Å². The van der Waals surface area contributed by atoms with Gasteiger partial charge in [0, 0.05) is 24.1 Å². The number of nitrogens with one attached hydrogen (secondary N) is 1. The van der Waals surface area contributed by atoms with Crippen LogP contribution in [0.5, 0.6) is 0 Å². The van der Waals surface area contributed by atoms with Gasteiger partial charge in [0.25, 0.3) is 5.91 Å². The summed E-state index contributed by atoms with van der Waals surface area (Å²) in [6.07, 6.45) is 11.4. The Morgan fingerprint density at radius 1 is 1.03 bits per heavy atom. The van der Waals surface area contributed by atoms with Crippen LogP contribution in [0.4, 0.5) is 0 Å². The van der Waals surface area contributed by atoms with Crippen molar-refractivity contribution in [1.29, 1.82) is 0 Å². The monoisotopic (exact) mass is 401 g/mol. The zero-order valence-corrected chi connectivity index (χ0v) is 16.6. The molecule has 3 aromatic rings. The van der Waals surface area contributed by atoms with Crippen LogP contribution in [0.1, 0.15) is 54.9 Å². The number of amides is 1. The molecule has 0 spiro atoms. The van der Waals surface area contributed by atoms with Crippen molar-refractivity contribution in [2.75, 3.05) is 0 Å². The first-order valence-corrected chi connectivity index (χ1v) is 10.6. The summed E-state index contributed by atoms with van der Waals surface area (Å²) in [6.45, 7) is 0. The molecule has 0 aliphatic heterocycles. The van der Waals surface area contributed by atoms with Crippen LogP contribution in [0.3, 0.4) is 0 Å². The molecule has 1 N–H and O–H groups in total. The number of aromatic nitrogens is 4. The van der Waals surface area contributed by atoms with Crippen molar-refractivity contribution in [3.8, 4) is 11.5 Å². The number of nitrogens with zero attached hydrogens (tertiary/aromatic N) is 4. The lowest BCUT2D eigenvalue weighted by Crippen LogP contribution is -2.64. The first kappa shape index (κ1) is 17.7. The average molecular weight is 401 g/mol. The Hall–Kier alpha value is -3.09. The summed E-state index contributed by atoms with van der Waals surface area (Å²) >= 11 is 0. The Balaban J connectivity index is 1.32. The number of rotatable bonds is 4. The molecule has 7 nitrogen and oxygen atoms in total. The lowest BCUT2D eigenvalue weighted by atomic mass is 9.46. The zero-order chi connectivity index (χ0) is 20.2. The Bertz CT molecular complexity index is 1070. The first-order valence-electron chi connectivity index (χ1n) is 10.6. The molecule has 3 heterocycles. The van der Waals surface area contributed by atoms with Crippen LogP contribution in [0.2, 0.25) is 0 Å². The van der Waals surface area contributed by atoms with Crippen molar-refractivity contribution in [2.45, 2.75) is 49.5 Å². The highest BCUT2D eigenvalue weighted by Crippen LogP contribution is 2.62. The minimum Gasteiger partial charge on any atom is -0.420 e. The van der Waals surface area contributed by atoms with E-state index in [2.05, 4.69) is 25.5 Å². The second kappa shape index (κ2) is 6.45. The van der Waals surface area contributed by atoms with Gasteiger partial charge in [-0.15, -0.1) is 10.2 Å². The predicted octanol–water partition coefficient (Wildman–Crippen LogP) is 3.55. The maximum Gasteiger partial charge on any atom is 0.270 e. The molecular weight excluding hydrogens is 378 g/mol. The van der Waals surface area contributed by atoms with Gasteiger partial charge in [-0.3, -0.25) is 14.8 Å². The molecule has 152 valence electrons. The second-order valence-corrected chi connectivity index (χ2v) is 9.34. The van der Waals surface area contributed by atoms with E-state index in [9.17, 15) is 4.79 Å². The molecule has 4 fully saturated rings. The quantitative estimate of drug-likeness (QED) is 0.719. The van der Waals surface area contributed by atoms with E-state index in [1.807, 2.05) is 24.3 Å². The smallest absolute Gasteiger partial charge is 0.270 e. The molecule has 7 rings (SSSR count). The maximum absolute atomic E-state index is 12.9. The van der Waals surface area contributed by atoms with Crippen LogP contribution < -0.4 is 5.32 Å². The fraction of sp³-hybridized carbons (Fsp3) is 0.435. The third-order valence-corrected chi connectivity index (χ3v) is 7.12. The van der Waals surface area contributed by atoms with Gasteiger partial charge in [-0.05, 0) is 74.6 Å². The van der Waals surface area contributed by atoms with Crippen LogP contribution in [-0.2, 0) is 5.41 Å². The minimum atomic E-state index is -0.221. The van der Waals surface area contributed by atoms with Crippen molar-refractivity contribution in [1.82, 2.24) is 25.5 Å². The predicted molar refractivity (Wildman–Crippen MR) is 108 cm³/mol. The summed E-state index contributed by atoms with van der Waals surface area (Å²) in [5, 5.41) is 12.2. The second-order valence-electron chi connectivity index (χ2n) is 9.34. The summed E-state index contributed by atoms with van der Waals surface area (Å²) in [4.78, 5) is 21.3. The third-order valence-electron chi connectivity index (χ3n) is 7.12. The highest BCUT2D eigenvalue weighted by atomic mass is 16.4. The van der Waals surface area contributed by atoms with Gasteiger partial charge in [0.1, 0.15) is 5.69 Å². The van der Waals surface area contributed by atoms with E-state index in [1.165, 1.54) is 6.42 Å². The largest absolute Gasteiger partial charge is 0.420 e. The Morgan fingerprint density at radius 2 is 1.90 bits per heavy atom. The molecule has 1 amide bonds. The molecule has 0 aromatic carbocycles. The number of hydrogen-bond acceptors (Lipinski definition) is 6. The van der Waals surface area contributed by atoms with E-state index in [4.69, 9.17) is 4.42 Å². The first-order chi connectivity index (χ1) is 14.6. The fourth-order valence-electron chi connectivity index (χ4n) is 6.50.